The number of carbonyl (C=O) groups excluding carboxylic acids is 2. The van der Waals surface area contributed by atoms with Crippen molar-refractivity contribution < 1.29 is 9.59 Å². The lowest BCUT2D eigenvalue weighted by molar-refractivity contribution is -0.117. The van der Waals surface area contributed by atoms with E-state index in [2.05, 4.69) is 20.5 Å². The van der Waals surface area contributed by atoms with Crippen LogP contribution < -0.4 is 10.6 Å². The van der Waals surface area contributed by atoms with Gasteiger partial charge in [0, 0.05) is 17.8 Å². The standard InChI is InChI=1S/C24H26N4O2S/c29-22(16-8-9-16)26-21-13-18-7-3-2-6-17(18)12-20(21)23(30)27-24-25-19(15-31-24)14-28-10-4-1-5-11-28/h2-3,6-7,12-13,15-16H,1,4-5,8-11,14H2,(H,26,29)(H,25,27,30). The summed E-state index contributed by atoms with van der Waals surface area (Å²) >= 11 is 1.44. The van der Waals surface area contributed by atoms with Gasteiger partial charge in [-0.05, 0) is 61.7 Å². The Balaban J connectivity index is 1.35. The Morgan fingerprint density at radius 2 is 1.77 bits per heavy atom. The average Bonchev–Trinajstić information content (AvgIpc) is 3.55. The molecule has 1 aliphatic carbocycles. The molecule has 2 aromatic carbocycles. The van der Waals surface area contributed by atoms with Crippen LogP contribution >= 0.6 is 11.3 Å². The van der Waals surface area contributed by atoms with E-state index in [9.17, 15) is 9.59 Å². The Morgan fingerprint density at radius 1 is 1.03 bits per heavy atom. The molecule has 1 aromatic heterocycles. The van der Waals surface area contributed by atoms with E-state index in [1.807, 2.05) is 41.8 Å². The zero-order valence-electron chi connectivity index (χ0n) is 17.4. The summed E-state index contributed by atoms with van der Waals surface area (Å²) < 4.78 is 0. The first-order chi connectivity index (χ1) is 15.2. The van der Waals surface area contributed by atoms with E-state index in [-0.39, 0.29) is 17.7 Å². The number of hydrogen-bond donors (Lipinski definition) is 2. The van der Waals surface area contributed by atoms with Crippen molar-refractivity contribution in [3.63, 3.8) is 0 Å². The SMILES string of the molecule is O=C(Nc1nc(CN2CCCCC2)cs1)c1cc2ccccc2cc1NC(=O)C1CC1. The Kier molecular flexibility index (Phi) is 5.70. The van der Waals surface area contributed by atoms with Gasteiger partial charge in [-0.3, -0.25) is 19.8 Å². The molecule has 2 amide bonds. The van der Waals surface area contributed by atoms with Crippen LogP contribution in [-0.4, -0.2) is 34.8 Å². The van der Waals surface area contributed by atoms with Crippen molar-refractivity contribution in [2.24, 2.45) is 5.92 Å². The second-order valence-corrected chi connectivity index (χ2v) is 9.30. The molecule has 160 valence electrons. The summed E-state index contributed by atoms with van der Waals surface area (Å²) in [5.74, 6) is -0.197. The van der Waals surface area contributed by atoms with Crippen LogP contribution in [0.25, 0.3) is 10.8 Å². The molecular formula is C24H26N4O2S. The third-order valence-corrected chi connectivity index (χ3v) is 6.75. The molecule has 3 aromatic rings. The van der Waals surface area contributed by atoms with Gasteiger partial charge in [0.1, 0.15) is 0 Å². The number of thiazole rings is 1. The number of amides is 2. The topological polar surface area (TPSA) is 74.3 Å². The lowest BCUT2D eigenvalue weighted by atomic mass is 10.0. The Morgan fingerprint density at radius 3 is 2.52 bits per heavy atom. The highest BCUT2D eigenvalue weighted by Crippen LogP contribution is 2.32. The molecule has 2 aliphatic rings. The van der Waals surface area contributed by atoms with Crippen LogP contribution in [-0.2, 0) is 11.3 Å². The first-order valence-electron chi connectivity index (χ1n) is 11.0. The van der Waals surface area contributed by atoms with Crippen LogP contribution in [0.4, 0.5) is 10.8 Å². The molecule has 2 N–H and O–H groups in total. The number of hydrogen-bond acceptors (Lipinski definition) is 5. The lowest BCUT2D eigenvalue weighted by Crippen LogP contribution is -2.29. The minimum Gasteiger partial charge on any atom is -0.325 e. The van der Waals surface area contributed by atoms with Gasteiger partial charge in [0.05, 0.1) is 16.9 Å². The van der Waals surface area contributed by atoms with E-state index in [0.29, 0.717) is 16.4 Å². The van der Waals surface area contributed by atoms with Crippen molar-refractivity contribution in [3.8, 4) is 0 Å². The number of anilines is 2. The Hall–Kier alpha value is -2.77. The van der Waals surface area contributed by atoms with Gasteiger partial charge < -0.3 is 5.32 Å². The van der Waals surface area contributed by atoms with Crippen LogP contribution in [0.2, 0.25) is 0 Å². The largest absolute Gasteiger partial charge is 0.325 e. The quantitative estimate of drug-likeness (QED) is 0.580. The van der Waals surface area contributed by atoms with Gasteiger partial charge in [0.25, 0.3) is 5.91 Å². The van der Waals surface area contributed by atoms with E-state index in [1.165, 1.54) is 30.6 Å². The molecule has 0 unspecified atom stereocenters. The highest BCUT2D eigenvalue weighted by molar-refractivity contribution is 7.14. The number of aromatic nitrogens is 1. The first-order valence-corrected chi connectivity index (χ1v) is 11.9. The molecule has 31 heavy (non-hydrogen) atoms. The Labute approximate surface area is 185 Å². The molecule has 7 heteroatoms. The molecular weight excluding hydrogens is 408 g/mol. The predicted molar refractivity (Wildman–Crippen MR) is 124 cm³/mol. The number of piperidine rings is 1. The second-order valence-electron chi connectivity index (χ2n) is 8.44. The van der Waals surface area contributed by atoms with Gasteiger partial charge in [-0.2, -0.15) is 0 Å². The zero-order valence-corrected chi connectivity index (χ0v) is 18.2. The second kappa shape index (κ2) is 8.77. The molecule has 1 aliphatic heterocycles. The van der Waals surface area contributed by atoms with Gasteiger partial charge in [0.2, 0.25) is 5.91 Å². The lowest BCUT2D eigenvalue weighted by Gasteiger charge is -2.25. The third-order valence-electron chi connectivity index (χ3n) is 5.94. The van der Waals surface area contributed by atoms with Gasteiger partial charge in [-0.25, -0.2) is 4.98 Å². The number of likely N-dealkylation sites (tertiary alicyclic amines) is 1. The summed E-state index contributed by atoms with van der Waals surface area (Å²) in [5.41, 5.74) is 2.00. The van der Waals surface area contributed by atoms with E-state index in [1.54, 1.807) is 0 Å². The minimum atomic E-state index is -0.254. The van der Waals surface area contributed by atoms with Gasteiger partial charge in [-0.1, -0.05) is 30.7 Å². The maximum atomic E-state index is 13.1. The first kappa shape index (κ1) is 20.2. The fourth-order valence-corrected chi connectivity index (χ4v) is 4.76. The normalized spacial score (nSPS) is 16.9. The van der Waals surface area contributed by atoms with Crippen molar-refractivity contribution in [1.29, 1.82) is 0 Å². The van der Waals surface area contributed by atoms with E-state index < -0.39 is 0 Å². The minimum absolute atomic E-state index is 0.0117. The van der Waals surface area contributed by atoms with Crippen molar-refractivity contribution in [2.75, 3.05) is 23.7 Å². The number of nitrogens with zero attached hydrogens (tertiary/aromatic N) is 2. The van der Waals surface area contributed by atoms with E-state index in [0.717, 1.165) is 48.9 Å². The summed E-state index contributed by atoms with van der Waals surface area (Å²) in [6.07, 6.45) is 5.62. The van der Waals surface area contributed by atoms with Crippen LogP contribution in [0.15, 0.2) is 41.8 Å². The summed E-state index contributed by atoms with van der Waals surface area (Å²) in [6.45, 7) is 3.05. The highest BCUT2D eigenvalue weighted by atomic mass is 32.1. The van der Waals surface area contributed by atoms with Crippen LogP contribution in [0.3, 0.4) is 0 Å². The molecule has 5 rings (SSSR count). The molecule has 1 saturated carbocycles. The third kappa shape index (κ3) is 4.78. The summed E-state index contributed by atoms with van der Waals surface area (Å²) in [5, 5.41) is 10.5. The number of rotatable bonds is 6. The molecule has 0 radical (unpaired) electrons. The number of carbonyl (C=O) groups is 2. The number of nitrogens with one attached hydrogen (secondary N) is 2. The summed E-state index contributed by atoms with van der Waals surface area (Å²) in [7, 11) is 0. The highest BCUT2D eigenvalue weighted by Gasteiger charge is 2.30. The molecule has 2 heterocycles. The maximum absolute atomic E-state index is 13.1. The molecule has 2 fully saturated rings. The Bertz CT molecular complexity index is 1120. The number of fused-ring (bicyclic) bond motifs is 1. The fraction of sp³-hybridized carbons (Fsp3) is 0.375. The zero-order chi connectivity index (χ0) is 21.2. The number of benzene rings is 2. The monoisotopic (exact) mass is 434 g/mol. The fourth-order valence-electron chi connectivity index (χ4n) is 4.06. The maximum Gasteiger partial charge on any atom is 0.259 e. The van der Waals surface area contributed by atoms with Crippen LogP contribution in [0.1, 0.15) is 48.2 Å². The van der Waals surface area contributed by atoms with Crippen molar-refractivity contribution in [1.82, 2.24) is 9.88 Å². The van der Waals surface area contributed by atoms with Gasteiger partial charge in [-0.15, -0.1) is 11.3 Å². The smallest absolute Gasteiger partial charge is 0.259 e. The summed E-state index contributed by atoms with van der Waals surface area (Å²) in [4.78, 5) is 32.6. The molecule has 6 nitrogen and oxygen atoms in total. The predicted octanol–water partition coefficient (Wildman–Crippen LogP) is 4.88. The summed E-state index contributed by atoms with van der Waals surface area (Å²) in [6, 6.07) is 11.6. The van der Waals surface area contributed by atoms with Crippen LogP contribution in [0.5, 0.6) is 0 Å². The van der Waals surface area contributed by atoms with Crippen molar-refractivity contribution >= 4 is 44.7 Å². The van der Waals surface area contributed by atoms with E-state index in [4.69, 9.17) is 0 Å². The van der Waals surface area contributed by atoms with Gasteiger partial charge in [0.15, 0.2) is 5.13 Å². The molecule has 1 saturated heterocycles. The molecule has 0 atom stereocenters. The van der Waals surface area contributed by atoms with Crippen molar-refractivity contribution in [3.05, 3.63) is 53.0 Å². The molecule has 0 spiro atoms. The van der Waals surface area contributed by atoms with Gasteiger partial charge >= 0.3 is 0 Å². The van der Waals surface area contributed by atoms with Crippen LogP contribution in [0, 0.1) is 5.92 Å². The average molecular weight is 435 g/mol. The van der Waals surface area contributed by atoms with Crippen molar-refractivity contribution in [2.45, 2.75) is 38.6 Å². The molecule has 0 bridgehead atoms. The van der Waals surface area contributed by atoms with E-state index >= 15 is 0 Å².